The first kappa shape index (κ1) is 18.8. The van der Waals surface area contributed by atoms with Crippen LogP contribution in [-0.2, 0) is 11.2 Å². The Bertz CT molecular complexity index is 699. The van der Waals surface area contributed by atoms with Gasteiger partial charge >= 0.3 is 0 Å². The Morgan fingerprint density at radius 2 is 2.04 bits per heavy atom. The molecule has 1 atom stereocenters. The zero-order valence-electron chi connectivity index (χ0n) is 15.2. The molecule has 2 rings (SSSR count). The molecular formula is C18H25N3O4. The van der Waals surface area contributed by atoms with E-state index in [0.717, 1.165) is 18.4 Å². The van der Waals surface area contributed by atoms with E-state index < -0.39 is 0 Å². The molecule has 0 fully saturated rings. The molecule has 0 aliphatic heterocycles. The summed E-state index contributed by atoms with van der Waals surface area (Å²) in [6, 6.07) is 5.58. The average Bonchev–Trinajstić information content (AvgIpc) is 3.08. The molecule has 1 aromatic carbocycles. The average molecular weight is 347 g/mol. The van der Waals surface area contributed by atoms with Gasteiger partial charge in [-0.15, -0.1) is 0 Å². The normalized spacial score (nSPS) is 11.8. The minimum absolute atomic E-state index is 0.00758. The molecule has 136 valence electrons. The van der Waals surface area contributed by atoms with Crippen molar-refractivity contribution >= 4 is 5.91 Å². The highest BCUT2D eigenvalue weighted by Gasteiger charge is 2.14. The summed E-state index contributed by atoms with van der Waals surface area (Å²) in [6.45, 7) is 4.10. The monoisotopic (exact) mass is 347 g/mol. The lowest BCUT2D eigenvalue weighted by molar-refractivity contribution is -0.121. The van der Waals surface area contributed by atoms with Crippen molar-refractivity contribution in [2.45, 2.75) is 45.6 Å². The molecule has 0 aliphatic rings. The summed E-state index contributed by atoms with van der Waals surface area (Å²) in [5, 5.41) is 6.93. The zero-order valence-corrected chi connectivity index (χ0v) is 15.2. The van der Waals surface area contributed by atoms with Gasteiger partial charge in [0.1, 0.15) is 0 Å². The van der Waals surface area contributed by atoms with Crippen LogP contribution in [0.5, 0.6) is 11.5 Å². The molecule has 0 aliphatic carbocycles. The topological polar surface area (TPSA) is 86.5 Å². The summed E-state index contributed by atoms with van der Waals surface area (Å²) in [6.07, 6.45) is 2.74. The molecule has 7 nitrogen and oxygen atoms in total. The number of aromatic nitrogens is 2. The number of hydrogen-bond donors (Lipinski definition) is 1. The first-order valence-corrected chi connectivity index (χ1v) is 8.41. The minimum atomic E-state index is -0.00758. The molecule has 25 heavy (non-hydrogen) atoms. The highest BCUT2D eigenvalue weighted by Crippen LogP contribution is 2.31. The fourth-order valence-corrected chi connectivity index (χ4v) is 2.52. The quantitative estimate of drug-likeness (QED) is 0.750. The summed E-state index contributed by atoms with van der Waals surface area (Å²) in [5.74, 6) is 2.11. The number of nitrogens with zero attached hydrogens (tertiary/aromatic N) is 2. The van der Waals surface area contributed by atoms with E-state index in [1.54, 1.807) is 26.4 Å². The third kappa shape index (κ3) is 5.20. The van der Waals surface area contributed by atoms with Gasteiger partial charge in [0.2, 0.25) is 17.6 Å². The SMILES string of the molecule is CCC[C@@H](C)NC(=O)CCc1nc(-c2ccc(OC)c(OC)c2)no1. The molecule has 2 aromatic rings. The fourth-order valence-electron chi connectivity index (χ4n) is 2.52. The Morgan fingerprint density at radius 3 is 2.72 bits per heavy atom. The van der Waals surface area contributed by atoms with Crippen molar-refractivity contribution in [1.82, 2.24) is 15.5 Å². The van der Waals surface area contributed by atoms with E-state index in [1.165, 1.54) is 0 Å². The Kier molecular flexibility index (Phi) is 6.80. The van der Waals surface area contributed by atoms with Crippen molar-refractivity contribution in [3.63, 3.8) is 0 Å². The molecule has 0 bridgehead atoms. The van der Waals surface area contributed by atoms with Gasteiger partial charge in [-0.1, -0.05) is 18.5 Å². The van der Waals surface area contributed by atoms with E-state index in [0.29, 0.717) is 36.1 Å². The molecule has 1 heterocycles. The lowest BCUT2D eigenvalue weighted by atomic mass is 10.2. The van der Waals surface area contributed by atoms with E-state index in [-0.39, 0.29) is 11.9 Å². The predicted octanol–water partition coefficient (Wildman–Crippen LogP) is 2.99. The van der Waals surface area contributed by atoms with Crippen molar-refractivity contribution in [2.24, 2.45) is 0 Å². The van der Waals surface area contributed by atoms with Crippen molar-refractivity contribution < 1.29 is 18.8 Å². The lowest BCUT2D eigenvalue weighted by Crippen LogP contribution is -2.32. The summed E-state index contributed by atoms with van der Waals surface area (Å²) in [4.78, 5) is 16.2. The number of methoxy groups -OCH3 is 2. The van der Waals surface area contributed by atoms with Crippen molar-refractivity contribution in [1.29, 1.82) is 0 Å². The maximum absolute atomic E-state index is 11.9. The molecule has 1 amide bonds. The number of carbonyl (C=O) groups is 1. The Hall–Kier alpha value is -2.57. The first-order chi connectivity index (χ1) is 12.1. The molecule has 0 saturated carbocycles. The molecular weight excluding hydrogens is 322 g/mol. The molecule has 1 N–H and O–H groups in total. The Labute approximate surface area is 147 Å². The van der Waals surface area contributed by atoms with E-state index in [4.69, 9.17) is 14.0 Å². The maximum Gasteiger partial charge on any atom is 0.227 e. The van der Waals surface area contributed by atoms with Crippen molar-refractivity contribution in [2.75, 3.05) is 14.2 Å². The smallest absolute Gasteiger partial charge is 0.227 e. The second-order valence-electron chi connectivity index (χ2n) is 5.84. The maximum atomic E-state index is 11.9. The van der Waals surface area contributed by atoms with Gasteiger partial charge in [-0.25, -0.2) is 0 Å². The van der Waals surface area contributed by atoms with Crippen LogP contribution in [0.2, 0.25) is 0 Å². The molecule has 0 spiro atoms. The standard InChI is InChI=1S/C18H25N3O4/c1-5-6-12(2)19-16(22)9-10-17-20-18(21-25-17)13-7-8-14(23-3)15(11-13)24-4/h7-8,11-12H,5-6,9-10H2,1-4H3,(H,19,22)/t12-/m1/s1. The number of rotatable bonds is 9. The number of hydrogen-bond acceptors (Lipinski definition) is 6. The van der Waals surface area contributed by atoms with Crippen molar-refractivity contribution in [3.8, 4) is 22.9 Å². The number of aryl methyl sites for hydroxylation is 1. The van der Waals surface area contributed by atoms with Crippen LogP contribution in [0.1, 0.15) is 39.0 Å². The third-order valence-electron chi connectivity index (χ3n) is 3.80. The predicted molar refractivity (Wildman–Crippen MR) is 93.7 cm³/mol. The first-order valence-electron chi connectivity index (χ1n) is 8.41. The second kappa shape index (κ2) is 9.05. The van der Waals surface area contributed by atoms with Gasteiger partial charge in [0, 0.05) is 24.4 Å². The second-order valence-corrected chi connectivity index (χ2v) is 5.84. The number of ether oxygens (including phenoxy) is 2. The van der Waals surface area contributed by atoms with E-state index in [2.05, 4.69) is 22.4 Å². The highest BCUT2D eigenvalue weighted by atomic mass is 16.5. The molecule has 0 unspecified atom stereocenters. The number of nitrogens with one attached hydrogen (secondary N) is 1. The van der Waals surface area contributed by atoms with Crippen LogP contribution in [0.15, 0.2) is 22.7 Å². The van der Waals surface area contributed by atoms with Gasteiger partial charge in [0.05, 0.1) is 14.2 Å². The third-order valence-corrected chi connectivity index (χ3v) is 3.80. The molecule has 1 aromatic heterocycles. The van der Waals surface area contributed by atoms with Crippen molar-refractivity contribution in [3.05, 3.63) is 24.1 Å². The van der Waals surface area contributed by atoms with Gasteiger partial charge in [-0.3, -0.25) is 4.79 Å². The van der Waals surface area contributed by atoms with Crippen LogP contribution < -0.4 is 14.8 Å². The van der Waals surface area contributed by atoms with Gasteiger partial charge in [-0.2, -0.15) is 4.98 Å². The summed E-state index contributed by atoms with van der Waals surface area (Å²) >= 11 is 0. The largest absolute Gasteiger partial charge is 0.493 e. The fraction of sp³-hybridized carbons (Fsp3) is 0.500. The molecule has 0 saturated heterocycles. The van der Waals surface area contributed by atoms with Crippen LogP contribution in [-0.4, -0.2) is 36.3 Å². The molecule has 0 radical (unpaired) electrons. The van der Waals surface area contributed by atoms with Gasteiger partial charge < -0.3 is 19.3 Å². The summed E-state index contributed by atoms with van der Waals surface area (Å²) in [7, 11) is 3.15. The Balaban J connectivity index is 1.97. The Morgan fingerprint density at radius 1 is 1.28 bits per heavy atom. The van der Waals surface area contributed by atoms with E-state index in [1.807, 2.05) is 13.0 Å². The minimum Gasteiger partial charge on any atom is -0.493 e. The van der Waals surface area contributed by atoms with Crippen LogP contribution in [0.4, 0.5) is 0 Å². The molecule has 7 heteroatoms. The van der Waals surface area contributed by atoms with Crippen LogP contribution >= 0.6 is 0 Å². The van der Waals surface area contributed by atoms with Gasteiger partial charge in [0.25, 0.3) is 0 Å². The number of carbonyl (C=O) groups excluding carboxylic acids is 1. The zero-order chi connectivity index (χ0) is 18.2. The number of amides is 1. The summed E-state index contributed by atoms with van der Waals surface area (Å²) < 4.78 is 15.7. The van der Waals surface area contributed by atoms with E-state index in [9.17, 15) is 4.79 Å². The van der Waals surface area contributed by atoms with Crippen LogP contribution in [0.3, 0.4) is 0 Å². The van der Waals surface area contributed by atoms with Crippen LogP contribution in [0, 0.1) is 0 Å². The summed E-state index contributed by atoms with van der Waals surface area (Å²) in [5.41, 5.74) is 0.758. The number of benzene rings is 1. The van der Waals surface area contributed by atoms with Crippen LogP contribution in [0.25, 0.3) is 11.4 Å². The van der Waals surface area contributed by atoms with Gasteiger partial charge in [0.15, 0.2) is 11.5 Å². The van der Waals surface area contributed by atoms with Gasteiger partial charge in [-0.05, 0) is 31.5 Å². The van der Waals surface area contributed by atoms with E-state index >= 15 is 0 Å². The lowest BCUT2D eigenvalue weighted by Gasteiger charge is -2.11. The highest BCUT2D eigenvalue weighted by molar-refractivity contribution is 5.76.